The van der Waals surface area contributed by atoms with Crippen molar-refractivity contribution in [2.75, 3.05) is 26.8 Å². The Labute approximate surface area is 87.1 Å². The van der Waals surface area contributed by atoms with Gasteiger partial charge in [-0.05, 0) is 27.7 Å². The monoisotopic (exact) mass is 201 g/mol. The van der Waals surface area contributed by atoms with Crippen LogP contribution in [-0.2, 0) is 4.74 Å². The van der Waals surface area contributed by atoms with Crippen molar-refractivity contribution >= 4 is 5.96 Å². The molecule has 4 heteroatoms. The van der Waals surface area contributed by atoms with E-state index in [2.05, 4.69) is 36.4 Å². The van der Waals surface area contributed by atoms with Crippen molar-refractivity contribution in [1.29, 1.82) is 0 Å². The fourth-order valence-electron chi connectivity index (χ4n) is 0.920. The fourth-order valence-corrected chi connectivity index (χ4v) is 0.920. The van der Waals surface area contributed by atoms with Crippen LogP contribution in [-0.4, -0.2) is 38.3 Å². The van der Waals surface area contributed by atoms with E-state index in [1.54, 1.807) is 7.05 Å². The summed E-state index contributed by atoms with van der Waals surface area (Å²) in [4.78, 5) is 4.11. The van der Waals surface area contributed by atoms with Gasteiger partial charge in [0.05, 0.1) is 6.61 Å². The number of hydrogen-bond donors (Lipinski definition) is 2. The summed E-state index contributed by atoms with van der Waals surface area (Å²) >= 11 is 0. The summed E-state index contributed by atoms with van der Waals surface area (Å²) in [7, 11) is 1.77. The molecule has 0 aliphatic rings. The molecule has 0 aliphatic carbocycles. The molecule has 0 spiro atoms. The molecule has 0 amide bonds. The van der Waals surface area contributed by atoms with Gasteiger partial charge in [-0.25, -0.2) is 0 Å². The third-order valence-electron chi connectivity index (χ3n) is 1.46. The molecular weight excluding hydrogens is 178 g/mol. The molecule has 2 N–H and O–H groups in total. The molecule has 14 heavy (non-hydrogen) atoms. The van der Waals surface area contributed by atoms with Gasteiger partial charge in [-0.1, -0.05) is 0 Å². The van der Waals surface area contributed by atoms with E-state index in [1.165, 1.54) is 0 Å². The lowest BCUT2D eigenvalue weighted by Gasteiger charge is -2.23. The number of guanidine groups is 1. The first-order valence-corrected chi connectivity index (χ1v) is 5.06. The van der Waals surface area contributed by atoms with Gasteiger partial charge in [-0.15, -0.1) is 0 Å². The Morgan fingerprint density at radius 2 is 2.00 bits per heavy atom. The minimum absolute atomic E-state index is 0.0352. The second-order valence-electron chi connectivity index (χ2n) is 4.07. The van der Waals surface area contributed by atoms with Gasteiger partial charge >= 0.3 is 0 Å². The van der Waals surface area contributed by atoms with Gasteiger partial charge in [0.15, 0.2) is 5.96 Å². The molecule has 0 aromatic heterocycles. The smallest absolute Gasteiger partial charge is 0.191 e. The largest absolute Gasteiger partial charge is 0.380 e. The highest BCUT2D eigenvalue weighted by Gasteiger charge is 2.10. The number of rotatable bonds is 4. The molecule has 0 aliphatic heterocycles. The van der Waals surface area contributed by atoms with E-state index in [4.69, 9.17) is 4.74 Å². The molecule has 0 fully saturated rings. The summed E-state index contributed by atoms with van der Waals surface area (Å²) < 4.78 is 5.21. The Morgan fingerprint density at radius 1 is 1.36 bits per heavy atom. The van der Waals surface area contributed by atoms with E-state index in [-0.39, 0.29) is 5.54 Å². The summed E-state index contributed by atoms with van der Waals surface area (Å²) in [5.41, 5.74) is 0.0352. The predicted molar refractivity (Wildman–Crippen MR) is 60.7 cm³/mol. The summed E-state index contributed by atoms with van der Waals surface area (Å²) in [6.45, 7) is 10.5. The number of nitrogens with zero attached hydrogens (tertiary/aromatic N) is 1. The van der Waals surface area contributed by atoms with E-state index in [0.717, 1.165) is 19.1 Å². The summed E-state index contributed by atoms with van der Waals surface area (Å²) in [5.74, 6) is 0.817. The van der Waals surface area contributed by atoms with Gasteiger partial charge in [0.1, 0.15) is 0 Å². The van der Waals surface area contributed by atoms with Crippen LogP contribution in [0.1, 0.15) is 27.7 Å². The lowest BCUT2D eigenvalue weighted by atomic mass is 10.1. The zero-order chi connectivity index (χ0) is 11.0. The number of ether oxygens (including phenoxy) is 1. The number of hydrogen-bond acceptors (Lipinski definition) is 2. The summed E-state index contributed by atoms with van der Waals surface area (Å²) in [5, 5.41) is 6.44. The van der Waals surface area contributed by atoms with Crippen LogP contribution in [0.15, 0.2) is 4.99 Å². The predicted octanol–water partition coefficient (Wildman–Crippen LogP) is 0.986. The first-order valence-electron chi connectivity index (χ1n) is 5.06. The topological polar surface area (TPSA) is 45.6 Å². The molecule has 0 unspecified atom stereocenters. The van der Waals surface area contributed by atoms with E-state index in [0.29, 0.717) is 6.61 Å². The average Bonchev–Trinajstić information content (AvgIpc) is 2.08. The minimum atomic E-state index is 0.0352. The van der Waals surface area contributed by atoms with Crippen LogP contribution in [0.5, 0.6) is 0 Å². The van der Waals surface area contributed by atoms with Crippen molar-refractivity contribution in [2.45, 2.75) is 33.2 Å². The summed E-state index contributed by atoms with van der Waals surface area (Å²) in [6, 6.07) is 0. The lowest BCUT2D eigenvalue weighted by molar-refractivity contribution is 0.152. The lowest BCUT2D eigenvalue weighted by Crippen LogP contribution is -2.48. The van der Waals surface area contributed by atoms with Crippen LogP contribution >= 0.6 is 0 Å². The first-order chi connectivity index (χ1) is 6.49. The van der Waals surface area contributed by atoms with Crippen molar-refractivity contribution in [3.05, 3.63) is 0 Å². The SMILES string of the molecule is CCOCCNC(=NC)NC(C)(C)C. The maximum atomic E-state index is 5.21. The minimum Gasteiger partial charge on any atom is -0.380 e. The maximum Gasteiger partial charge on any atom is 0.191 e. The van der Waals surface area contributed by atoms with Crippen LogP contribution in [0, 0.1) is 0 Å². The molecular formula is C10H23N3O. The fraction of sp³-hybridized carbons (Fsp3) is 0.900. The zero-order valence-electron chi connectivity index (χ0n) is 9.98. The second kappa shape index (κ2) is 6.65. The molecule has 0 rings (SSSR count). The normalized spacial score (nSPS) is 12.8. The van der Waals surface area contributed by atoms with Gasteiger partial charge in [-0.2, -0.15) is 0 Å². The quantitative estimate of drug-likeness (QED) is 0.405. The van der Waals surface area contributed by atoms with Crippen molar-refractivity contribution in [1.82, 2.24) is 10.6 Å². The van der Waals surface area contributed by atoms with Crippen molar-refractivity contribution in [2.24, 2.45) is 4.99 Å². The van der Waals surface area contributed by atoms with Gasteiger partial charge in [0.2, 0.25) is 0 Å². The molecule has 0 bridgehead atoms. The Balaban J connectivity index is 3.71. The highest BCUT2D eigenvalue weighted by molar-refractivity contribution is 5.80. The van der Waals surface area contributed by atoms with E-state index in [9.17, 15) is 0 Å². The van der Waals surface area contributed by atoms with Crippen LogP contribution < -0.4 is 10.6 Å². The highest BCUT2D eigenvalue weighted by Crippen LogP contribution is 1.97. The third kappa shape index (κ3) is 7.86. The standard InChI is InChI=1S/C10H23N3O/c1-6-14-8-7-12-9(11-5)13-10(2,3)4/h6-8H2,1-5H3,(H2,11,12,13). The van der Waals surface area contributed by atoms with E-state index >= 15 is 0 Å². The molecule has 0 heterocycles. The van der Waals surface area contributed by atoms with Crippen LogP contribution in [0.2, 0.25) is 0 Å². The van der Waals surface area contributed by atoms with Crippen LogP contribution in [0.3, 0.4) is 0 Å². The molecule has 0 saturated carbocycles. The van der Waals surface area contributed by atoms with Crippen molar-refractivity contribution in [3.63, 3.8) is 0 Å². The van der Waals surface area contributed by atoms with Crippen molar-refractivity contribution in [3.8, 4) is 0 Å². The molecule has 0 atom stereocenters. The number of aliphatic imine (C=N–C) groups is 1. The highest BCUT2D eigenvalue weighted by atomic mass is 16.5. The average molecular weight is 201 g/mol. The molecule has 0 aromatic rings. The molecule has 4 nitrogen and oxygen atoms in total. The Hall–Kier alpha value is -0.770. The van der Waals surface area contributed by atoms with Crippen LogP contribution in [0.25, 0.3) is 0 Å². The molecule has 0 aromatic carbocycles. The first kappa shape index (κ1) is 13.2. The second-order valence-corrected chi connectivity index (χ2v) is 4.07. The maximum absolute atomic E-state index is 5.21. The number of nitrogens with one attached hydrogen (secondary N) is 2. The third-order valence-corrected chi connectivity index (χ3v) is 1.46. The Bertz CT molecular complexity index is 173. The van der Waals surface area contributed by atoms with Gasteiger partial charge < -0.3 is 15.4 Å². The molecule has 84 valence electrons. The zero-order valence-corrected chi connectivity index (χ0v) is 9.98. The molecule has 0 saturated heterocycles. The summed E-state index contributed by atoms with van der Waals surface area (Å²) in [6.07, 6.45) is 0. The Kier molecular flexibility index (Phi) is 6.28. The van der Waals surface area contributed by atoms with Gasteiger partial charge in [0.25, 0.3) is 0 Å². The van der Waals surface area contributed by atoms with Gasteiger partial charge in [0, 0.05) is 25.7 Å². The van der Waals surface area contributed by atoms with E-state index < -0.39 is 0 Å². The Morgan fingerprint density at radius 3 is 2.43 bits per heavy atom. The molecule has 0 radical (unpaired) electrons. The van der Waals surface area contributed by atoms with E-state index in [1.807, 2.05) is 6.92 Å². The van der Waals surface area contributed by atoms with Crippen molar-refractivity contribution < 1.29 is 4.74 Å². The van der Waals surface area contributed by atoms with Gasteiger partial charge in [-0.3, -0.25) is 4.99 Å². The van der Waals surface area contributed by atoms with Crippen LogP contribution in [0.4, 0.5) is 0 Å².